The Morgan fingerprint density at radius 1 is 0.875 bits per heavy atom. The second-order valence-corrected chi connectivity index (χ2v) is 5.45. The van der Waals surface area contributed by atoms with Crippen LogP contribution < -0.4 is 15.2 Å². The maximum atomic E-state index is 8.26. The topological polar surface area (TPSA) is 92.1 Å². The maximum Gasteiger partial charge on any atom is 0.174 e. The van der Waals surface area contributed by atoms with Crippen LogP contribution in [0.3, 0.4) is 0 Å². The van der Waals surface area contributed by atoms with Crippen LogP contribution in [0.2, 0.25) is 10.0 Å². The standard InChI is InChI=1S/C9H8ClNO.C8H7ClN2O/c1-7-4-8(10)6-9(5-7)12-3-2-11;9-6-3-7(11)5-8(4-6)12-2-1-10/h4-6H,3H2,1H3;3-5H,2,11H2. The molecule has 0 heterocycles. The number of aryl methyl sites for hydroxylation is 1. The first kappa shape index (κ1) is 19.4. The van der Waals surface area contributed by atoms with Crippen LogP contribution in [-0.4, -0.2) is 13.2 Å². The molecule has 0 fully saturated rings. The number of hydrogen-bond acceptors (Lipinski definition) is 5. The van der Waals surface area contributed by atoms with Crippen molar-refractivity contribution in [2.75, 3.05) is 18.9 Å². The third-order valence-corrected chi connectivity index (χ3v) is 2.95. The van der Waals surface area contributed by atoms with Crippen LogP contribution in [0.5, 0.6) is 11.5 Å². The quantitative estimate of drug-likeness (QED) is 0.813. The summed E-state index contributed by atoms with van der Waals surface area (Å²) in [6, 6.07) is 13.9. The van der Waals surface area contributed by atoms with Gasteiger partial charge in [-0.25, -0.2) is 0 Å². The number of nitrogens with two attached hydrogens (primary N) is 1. The second-order valence-electron chi connectivity index (χ2n) is 4.58. The lowest BCUT2D eigenvalue weighted by atomic mass is 10.2. The summed E-state index contributed by atoms with van der Waals surface area (Å²) in [6.45, 7) is 1.98. The van der Waals surface area contributed by atoms with E-state index in [0.29, 0.717) is 27.2 Å². The van der Waals surface area contributed by atoms with Crippen LogP contribution in [0.15, 0.2) is 36.4 Å². The zero-order valence-electron chi connectivity index (χ0n) is 12.9. The fraction of sp³-hybridized carbons (Fsp3) is 0.176. The fourth-order valence-corrected chi connectivity index (χ4v) is 2.20. The van der Waals surface area contributed by atoms with Crippen molar-refractivity contribution in [3.8, 4) is 23.6 Å². The molecule has 0 saturated carbocycles. The normalized spacial score (nSPS) is 9.04. The Morgan fingerprint density at radius 2 is 1.38 bits per heavy atom. The van der Waals surface area contributed by atoms with E-state index in [0.717, 1.165) is 5.56 Å². The maximum absolute atomic E-state index is 8.26. The minimum absolute atomic E-state index is 0.000216. The lowest BCUT2D eigenvalue weighted by Gasteiger charge is -2.02. The summed E-state index contributed by atoms with van der Waals surface area (Å²) in [6.07, 6.45) is 0. The van der Waals surface area contributed by atoms with Gasteiger partial charge < -0.3 is 15.2 Å². The molecule has 0 aliphatic heterocycles. The van der Waals surface area contributed by atoms with Crippen molar-refractivity contribution in [1.82, 2.24) is 0 Å². The lowest BCUT2D eigenvalue weighted by molar-refractivity contribution is 0.368. The summed E-state index contributed by atoms with van der Waals surface area (Å²) < 4.78 is 10.1. The van der Waals surface area contributed by atoms with Crippen molar-refractivity contribution in [1.29, 1.82) is 10.5 Å². The molecule has 2 aromatic carbocycles. The van der Waals surface area contributed by atoms with E-state index >= 15 is 0 Å². The number of nitrogens with zero attached hydrogens (tertiary/aromatic N) is 2. The summed E-state index contributed by atoms with van der Waals surface area (Å²) >= 11 is 11.5. The zero-order chi connectivity index (χ0) is 17.9. The van der Waals surface area contributed by atoms with Crippen LogP contribution in [0.4, 0.5) is 5.69 Å². The van der Waals surface area contributed by atoms with Crippen molar-refractivity contribution >= 4 is 28.9 Å². The Bertz CT molecular complexity index is 661. The van der Waals surface area contributed by atoms with E-state index in [9.17, 15) is 0 Å². The van der Waals surface area contributed by atoms with Crippen LogP contribution in [0, 0.1) is 29.6 Å². The molecule has 0 radical (unpaired) electrons. The van der Waals surface area contributed by atoms with Gasteiger partial charge in [0.15, 0.2) is 13.2 Å². The highest BCUT2D eigenvalue weighted by Crippen LogP contribution is 2.22. The van der Waals surface area contributed by atoms with Crippen molar-refractivity contribution in [3.63, 3.8) is 0 Å². The van der Waals surface area contributed by atoms with Gasteiger partial charge in [0, 0.05) is 21.8 Å². The first-order chi connectivity index (χ1) is 11.4. The molecule has 0 bridgehead atoms. The van der Waals surface area contributed by atoms with Crippen molar-refractivity contribution in [2.24, 2.45) is 0 Å². The van der Waals surface area contributed by atoms with Gasteiger partial charge in [0.2, 0.25) is 0 Å². The fourth-order valence-electron chi connectivity index (χ4n) is 1.69. The van der Waals surface area contributed by atoms with E-state index in [2.05, 4.69) is 0 Å². The SMILES string of the molecule is Cc1cc(Cl)cc(OCC#N)c1.N#CCOc1cc(N)cc(Cl)c1. The summed E-state index contributed by atoms with van der Waals surface area (Å²) in [5, 5.41) is 17.6. The Morgan fingerprint density at radius 3 is 1.83 bits per heavy atom. The molecule has 124 valence electrons. The molecule has 0 unspecified atom stereocenters. The molecule has 24 heavy (non-hydrogen) atoms. The average Bonchev–Trinajstić information content (AvgIpc) is 2.50. The minimum Gasteiger partial charge on any atom is -0.479 e. The number of anilines is 1. The zero-order valence-corrected chi connectivity index (χ0v) is 14.4. The number of nitriles is 2. The van der Waals surface area contributed by atoms with Crippen molar-refractivity contribution in [2.45, 2.75) is 6.92 Å². The third-order valence-electron chi connectivity index (χ3n) is 2.52. The smallest absolute Gasteiger partial charge is 0.174 e. The second kappa shape index (κ2) is 10.2. The highest BCUT2D eigenvalue weighted by Gasteiger charge is 1.97. The highest BCUT2D eigenvalue weighted by molar-refractivity contribution is 6.31. The van der Waals surface area contributed by atoms with Crippen molar-refractivity contribution < 1.29 is 9.47 Å². The number of nitrogen functional groups attached to an aromatic ring is 1. The minimum atomic E-state index is -0.000216. The predicted octanol–water partition coefficient (Wildman–Crippen LogP) is 4.38. The molecule has 2 N–H and O–H groups in total. The first-order valence-corrected chi connectivity index (χ1v) is 7.53. The average molecular weight is 364 g/mol. The van der Waals surface area contributed by atoms with Gasteiger partial charge in [-0.05, 0) is 42.8 Å². The van der Waals surface area contributed by atoms with Crippen LogP contribution >= 0.6 is 23.2 Å². The summed E-state index contributed by atoms with van der Waals surface area (Å²) in [4.78, 5) is 0. The van der Waals surface area contributed by atoms with E-state index in [1.165, 1.54) is 0 Å². The number of benzene rings is 2. The van der Waals surface area contributed by atoms with Gasteiger partial charge >= 0.3 is 0 Å². The van der Waals surface area contributed by atoms with Gasteiger partial charge in [0.05, 0.1) is 0 Å². The van der Waals surface area contributed by atoms with E-state index in [1.807, 2.05) is 31.2 Å². The van der Waals surface area contributed by atoms with Gasteiger partial charge in [-0.1, -0.05) is 23.2 Å². The molecule has 0 amide bonds. The number of halogens is 2. The predicted molar refractivity (Wildman–Crippen MR) is 94.3 cm³/mol. The van der Waals surface area contributed by atoms with Gasteiger partial charge in [0.25, 0.3) is 0 Å². The molecule has 0 saturated heterocycles. The number of rotatable bonds is 4. The molecular formula is C17H15Cl2N3O2. The molecule has 0 aliphatic carbocycles. The monoisotopic (exact) mass is 363 g/mol. The lowest BCUT2D eigenvalue weighted by Crippen LogP contribution is -1.94. The molecule has 0 aromatic heterocycles. The van der Waals surface area contributed by atoms with Gasteiger partial charge in [0.1, 0.15) is 23.6 Å². The van der Waals surface area contributed by atoms with E-state index in [1.54, 1.807) is 24.3 Å². The van der Waals surface area contributed by atoms with Crippen LogP contribution in [-0.2, 0) is 0 Å². The summed E-state index contributed by atoms with van der Waals surface area (Å²) in [7, 11) is 0. The van der Waals surface area contributed by atoms with E-state index in [-0.39, 0.29) is 13.2 Å². The number of hydrogen-bond donors (Lipinski definition) is 1. The van der Waals surface area contributed by atoms with E-state index in [4.69, 9.17) is 48.9 Å². The third kappa shape index (κ3) is 7.60. The molecular weight excluding hydrogens is 349 g/mol. The Labute approximate surface area is 150 Å². The number of ether oxygens (including phenoxy) is 2. The van der Waals surface area contributed by atoms with Crippen molar-refractivity contribution in [3.05, 3.63) is 52.0 Å². The van der Waals surface area contributed by atoms with Crippen LogP contribution in [0.1, 0.15) is 5.56 Å². The highest BCUT2D eigenvalue weighted by atomic mass is 35.5. The Kier molecular flexibility index (Phi) is 8.29. The molecule has 0 aliphatic rings. The molecule has 5 nitrogen and oxygen atoms in total. The van der Waals surface area contributed by atoms with Crippen LogP contribution in [0.25, 0.3) is 0 Å². The molecule has 2 aromatic rings. The molecule has 0 spiro atoms. The van der Waals surface area contributed by atoms with E-state index < -0.39 is 0 Å². The first-order valence-electron chi connectivity index (χ1n) is 6.77. The Balaban J connectivity index is 0.000000240. The largest absolute Gasteiger partial charge is 0.479 e. The molecule has 2 rings (SSSR count). The summed E-state index contributed by atoms with van der Waals surface area (Å²) in [5.41, 5.74) is 7.03. The van der Waals surface area contributed by atoms with Gasteiger partial charge in [-0.15, -0.1) is 0 Å². The van der Waals surface area contributed by atoms with Gasteiger partial charge in [-0.3, -0.25) is 0 Å². The summed E-state index contributed by atoms with van der Waals surface area (Å²) in [5.74, 6) is 1.16. The van der Waals surface area contributed by atoms with Gasteiger partial charge in [-0.2, -0.15) is 10.5 Å². The molecule has 7 heteroatoms. The molecule has 0 atom stereocenters. The Hall–Kier alpha value is -2.60.